The van der Waals surface area contributed by atoms with E-state index >= 15 is 0 Å². The Morgan fingerprint density at radius 3 is 2.71 bits per heavy atom. The van der Waals surface area contributed by atoms with Crippen molar-refractivity contribution in [2.75, 3.05) is 0 Å². The zero-order valence-electron chi connectivity index (χ0n) is 3.97. The molecule has 0 saturated carbocycles. The topological polar surface area (TPSA) is 60.8 Å². The lowest BCUT2D eigenvalue weighted by atomic mass is 10.6. The third kappa shape index (κ3) is 1.09. The molecular formula is C2H7N5. The largest absolute Gasteiger partial charge is 0.213 e. The smallest absolute Gasteiger partial charge is 0.134 e. The van der Waals surface area contributed by atoms with Crippen molar-refractivity contribution >= 4 is 0 Å². The zero-order chi connectivity index (χ0) is 5.11. The molecule has 0 aliphatic carbocycles. The molecule has 0 aromatic heterocycles. The molecule has 1 unspecified atom stereocenters. The molecule has 1 atom stereocenters. The van der Waals surface area contributed by atoms with Crippen molar-refractivity contribution in [2.45, 2.75) is 13.1 Å². The van der Waals surface area contributed by atoms with Crippen LogP contribution in [-0.4, -0.2) is 6.17 Å². The van der Waals surface area contributed by atoms with E-state index in [1.807, 2.05) is 6.92 Å². The molecule has 1 heterocycles. The van der Waals surface area contributed by atoms with Gasteiger partial charge < -0.3 is 0 Å². The van der Waals surface area contributed by atoms with Crippen LogP contribution in [-0.2, 0) is 0 Å². The van der Waals surface area contributed by atoms with Gasteiger partial charge in [0.1, 0.15) is 6.17 Å². The molecule has 0 radical (unpaired) electrons. The molecule has 3 N–H and O–H groups in total. The van der Waals surface area contributed by atoms with Gasteiger partial charge in [0.2, 0.25) is 0 Å². The fraction of sp³-hybridized carbons (Fsp3) is 1.00. The number of hydrogen-bond donors (Lipinski definition) is 3. The predicted molar refractivity (Wildman–Crippen MR) is 23.7 cm³/mol. The van der Waals surface area contributed by atoms with Gasteiger partial charge in [0.25, 0.3) is 0 Å². The van der Waals surface area contributed by atoms with Crippen LogP contribution in [0.15, 0.2) is 10.3 Å². The first-order chi connectivity index (χ1) is 3.39. The molecule has 1 aliphatic rings. The lowest BCUT2D eigenvalue weighted by molar-refractivity contribution is 0.326. The van der Waals surface area contributed by atoms with Gasteiger partial charge in [0.05, 0.1) is 0 Å². The third-order valence-corrected chi connectivity index (χ3v) is 0.618. The lowest BCUT2D eigenvalue weighted by Gasteiger charge is -2.12. The molecule has 0 aromatic carbocycles. The first kappa shape index (κ1) is 4.48. The minimum atomic E-state index is 0.0706. The summed E-state index contributed by atoms with van der Waals surface area (Å²) >= 11 is 0. The molecule has 0 aromatic rings. The van der Waals surface area contributed by atoms with E-state index in [-0.39, 0.29) is 6.17 Å². The van der Waals surface area contributed by atoms with E-state index < -0.39 is 0 Å². The summed E-state index contributed by atoms with van der Waals surface area (Å²) in [5.41, 5.74) is 7.75. The Kier molecular flexibility index (Phi) is 1.19. The third-order valence-electron chi connectivity index (χ3n) is 0.618. The molecule has 5 heteroatoms. The second-order valence-electron chi connectivity index (χ2n) is 1.27. The summed E-state index contributed by atoms with van der Waals surface area (Å²) in [7, 11) is 0. The highest BCUT2D eigenvalue weighted by atomic mass is 15.8. The summed E-state index contributed by atoms with van der Waals surface area (Å²) in [6.45, 7) is 1.89. The summed E-state index contributed by atoms with van der Waals surface area (Å²) in [6, 6.07) is 0. The fourth-order valence-electron chi connectivity index (χ4n) is 0.306. The van der Waals surface area contributed by atoms with E-state index in [1.54, 1.807) is 0 Å². The second kappa shape index (κ2) is 1.85. The van der Waals surface area contributed by atoms with Crippen molar-refractivity contribution in [3.05, 3.63) is 0 Å². The normalized spacial score (nSPS) is 29.6. The van der Waals surface area contributed by atoms with E-state index in [1.165, 1.54) is 0 Å². The molecule has 7 heavy (non-hydrogen) atoms. The van der Waals surface area contributed by atoms with Gasteiger partial charge in [-0.25, -0.2) is 11.0 Å². The molecule has 5 nitrogen and oxygen atoms in total. The zero-order valence-corrected chi connectivity index (χ0v) is 3.97. The van der Waals surface area contributed by atoms with Gasteiger partial charge in [-0.3, -0.25) is 0 Å². The summed E-state index contributed by atoms with van der Waals surface area (Å²) in [5.74, 6) is 0. The summed E-state index contributed by atoms with van der Waals surface area (Å²) in [6.07, 6.45) is 0.0706. The Morgan fingerprint density at radius 2 is 2.43 bits per heavy atom. The summed E-state index contributed by atoms with van der Waals surface area (Å²) < 4.78 is 0. The summed E-state index contributed by atoms with van der Waals surface area (Å²) in [5, 5.41) is 7.13. The van der Waals surface area contributed by atoms with Crippen molar-refractivity contribution < 1.29 is 0 Å². The lowest BCUT2D eigenvalue weighted by Crippen LogP contribution is -2.47. The van der Waals surface area contributed by atoms with Crippen LogP contribution in [0.4, 0.5) is 0 Å². The highest BCUT2D eigenvalue weighted by Crippen LogP contribution is 1.82. The van der Waals surface area contributed by atoms with Crippen molar-refractivity contribution in [2.24, 2.45) is 10.3 Å². The van der Waals surface area contributed by atoms with Crippen molar-refractivity contribution in [3.63, 3.8) is 0 Å². The van der Waals surface area contributed by atoms with Crippen LogP contribution in [0.2, 0.25) is 0 Å². The van der Waals surface area contributed by atoms with E-state index in [2.05, 4.69) is 26.8 Å². The van der Waals surface area contributed by atoms with Crippen LogP contribution < -0.4 is 16.5 Å². The Morgan fingerprint density at radius 1 is 1.57 bits per heavy atom. The maximum Gasteiger partial charge on any atom is 0.134 e. The van der Waals surface area contributed by atoms with Gasteiger partial charge in [-0.15, -0.1) is 5.11 Å². The van der Waals surface area contributed by atoms with Crippen LogP contribution >= 0.6 is 0 Å². The van der Waals surface area contributed by atoms with Crippen molar-refractivity contribution in [1.29, 1.82) is 0 Å². The van der Waals surface area contributed by atoms with Crippen LogP contribution in [0.1, 0.15) is 6.92 Å². The van der Waals surface area contributed by atoms with E-state index in [0.29, 0.717) is 0 Å². The first-order valence-electron chi connectivity index (χ1n) is 2.05. The molecule has 0 fully saturated rings. The minimum Gasteiger partial charge on any atom is -0.213 e. The van der Waals surface area contributed by atoms with Gasteiger partial charge in [0, 0.05) is 0 Å². The number of nitrogens with one attached hydrogen (secondary N) is 3. The van der Waals surface area contributed by atoms with Crippen LogP contribution in [0.25, 0.3) is 0 Å². The first-order valence-corrected chi connectivity index (χ1v) is 2.05. The average Bonchev–Trinajstić information content (AvgIpc) is 1.69. The number of hydrogen-bond acceptors (Lipinski definition) is 5. The Labute approximate surface area is 41.1 Å². The SMILES string of the molecule is CC1N=NNNN1. The van der Waals surface area contributed by atoms with Crippen LogP contribution in [0.3, 0.4) is 0 Å². The fourth-order valence-corrected chi connectivity index (χ4v) is 0.306. The second-order valence-corrected chi connectivity index (χ2v) is 1.27. The van der Waals surface area contributed by atoms with Gasteiger partial charge in [-0.2, -0.15) is 5.53 Å². The maximum atomic E-state index is 3.67. The Hall–Kier alpha value is -0.680. The van der Waals surface area contributed by atoms with Crippen molar-refractivity contribution in [1.82, 2.24) is 16.5 Å². The Bertz CT molecular complexity index is 78.1. The maximum absolute atomic E-state index is 3.67. The van der Waals surface area contributed by atoms with Gasteiger partial charge in [-0.05, 0) is 6.92 Å². The summed E-state index contributed by atoms with van der Waals surface area (Å²) in [4.78, 5) is 0. The molecule has 0 bridgehead atoms. The van der Waals surface area contributed by atoms with Gasteiger partial charge >= 0.3 is 0 Å². The molecule has 1 aliphatic heterocycles. The predicted octanol–water partition coefficient (Wildman–Crippen LogP) is -0.688. The number of rotatable bonds is 0. The van der Waals surface area contributed by atoms with Crippen LogP contribution in [0.5, 0.6) is 0 Å². The number of nitrogens with zero attached hydrogens (tertiary/aromatic N) is 2. The molecule has 0 amide bonds. The van der Waals surface area contributed by atoms with Gasteiger partial charge in [0.15, 0.2) is 0 Å². The van der Waals surface area contributed by atoms with Crippen molar-refractivity contribution in [3.8, 4) is 0 Å². The molecule has 1 rings (SSSR count). The molecule has 40 valence electrons. The number of hydrazine groups is 2. The molecule has 0 spiro atoms. The van der Waals surface area contributed by atoms with E-state index in [4.69, 9.17) is 0 Å². The van der Waals surface area contributed by atoms with E-state index in [9.17, 15) is 0 Å². The standard InChI is InChI=1S/C2H7N5/c1-2-3-5-7-6-4-2/h2H,1H3,(H,5,6)(H2,3,4,7). The molecular weight excluding hydrogens is 94.1 g/mol. The highest BCUT2D eigenvalue weighted by molar-refractivity contribution is 4.48. The Balaban J connectivity index is 2.36. The monoisotopic (exact) mass is 101 g/mol. The van der Waals surface area contributed by atoms with Crippen LogP contribution in [0, 0.1) is 0 Å². The van der Waals surface area contributed by atoms with Gasteiger partial charge in [-0.1, -0.05) is 5.22 Å². The molecule has 0 saturated heterocycles. The highest BCUT2D eigenvalue weighted by Gasteiger charge is 1.97. The van der Waals surface area contributed by atoms with E-state index in [0.717, 1.165) is 0 Å². The quantitative estimate of drug-likeness (QED) is 0.378. The minimum absolute atomic E-state index is 0.0706. The average molecular weight is 101 g/mol.